The van der Waals surface area contributed by atoms with Crippen molar-refractivity contribution in [3.05, 3.63) is 28.8 Å². The summed E-state index contributed by atoms with van der Waals surface area (Å²) in [6, 6.07) is 3.01. The highest BCUT2D eigenvalue weighted by Gasteiger charge is 2.36. The van der Waals surface area contributed by atoms with Crippen LogP contribution in [0.2, 0.25) is 0 Å². The zero-order valence-electron chi connectivity index (χ0n) is 14.5. The number of rotatable bonds is 5. The number of anilines is 1. The van der Waals surface area contributed by atoms with Crippen LogP contribution in [0.3, 0.4) is 0 Å². The predicted octanol–water partition coefficient (Wildman–Crippen LogP) is 1.92. The van der Waals surface area contributed by atoms with Gasteiger partial charge in [0.25, 0.3) is 0 Å². The molecule has 1 heterocycles. The fourth-order valence-corrected chi connectivity index (χ4v) is 4.68. The minimum absolute atomic E-state index is 0.0702. The molecule has 1 amide bonds. The normalized spacial score (nSPS) is 17.1. The maximum Gasteiger partial charge on any atom is 0.336 e. The summed E-state index contributed by atoms with van der Waals surface area (Å²) >= 11 is 0. The smallest absolute Gasteiger partial charge is 0.336 e. The Morgan fingerprint density at radius 1 is 1.20 bits per heavy atom. The number of carboxylic acids is 1. The minimum atomic E-state index is -3.64. The van der Waals surface area contributed by atoms with Crippen LogP contribution in [0.15, 0.2) is 12.1 Å². The highest BCUT2D eigenvalue weighted by Crippen LogP contribution is 2.24. The Kier molecular flexibility index (Phi) is 5.84. The second-order valence-electron chi connectivity index (χ2n) is 6.32. The van der Waals surface area contributed by atoms with Crippen LogP contribution in [-0.4, -0.2) is 49.1 Å². The lowest BCUT2D eigenvalue weighted by atomic mass is 10.0. The van der Waals surface area contributed by atoms with E-state index in [4.69, 9.17) is 4.74 Å². The number of aryl methyl sites for hydroxylation is 2. The van der Waals surface area contributed by atoms with Crippen molar-refractivity contribution in [2.45, 2.75) is 44.1 Å². The van der Waals surface area contributed by atoms with E-state index in [0.717, 1.165) is 0 Å². The molecule has 138 valence electrons. The quantitative estimate of drug-likeness (QED) is 0.820. The first-order chi connectivity index (χ1) is 11.6. The van der Waals surface area contributed by atoms with Crippen molar-refractivity contribution < 1.29 is 27.9 Å². The number of hydrogen-bond acceptors (Lipinski definition) is 5. The Morgan fingerprint density at radius 3 is 2.36 bits per heavy atom. The molecule has 0 bridgehead atoms. The average molecular weight is 369 g/mol. The van der Waals surface area contributed by atoms with Gasteiger partial charge in [-0.05, 0) is 50.8 Å². The van der Waals surface area contributed by atoms with E-state index >= 15 is 0 Å². The number of ether oxygens (including phenoxy) is 1. The van der Waals surface area contributed by atoms with Crippen LogP contribution in [0.5, 0.6) is 0 Å². The van der Waals surface area contributed by atoms with Gasteiger partial charge in [0.1, 0.15) is 5.25 Å². The predicted molar refractivity (Wildman–Crippen MR) is 93.7 cm³/mol. The van der Waals surface area contributed by atoms with E-state index in [2.05, 4.69) is 5.32 Å². The number of sulfone groups is 1. The second-order valence-corrected chi connectivity index (χ2v) is 8.87. The first-order valence-corrected chi connectivity index (χ1v) is 9.71. The monoisotopic (exact) mass is 369 g/mol. The Morgan fingerprint density at radius 2 is 1.80 bits per heavy atom. The molecule has 1 aliphatic heterocycles. The van der Waals surface area contributed by atoms with Crippen LogP contribution in [0, 0.1) is 13.8 Å². The van der Waals surface area contributed by atoms with Gasteiger partial charge in [0.05, 0.1) is 10.8 Å². The van der Waals surface area contributed by atoms with E-state index in [1.807, 2.05) is 0 Å². The van der Waals surface area contributed by atoms with Crippen LogP contribution < -0.4 is 5.32 Å². The van der Waals surface area contributed by atoms with Gasteiger partial charge in [-0.2, -0.15) is 0 Å². The lowest BCUT2D eigenvalue weighted by Gasteiger charge is -2.25. The lowest BCUT2D eigenvalue weighted by molar-refractivity contribution is -0.115. The fraction of sp³-hybridized carbons (Fsp3) is 0.529. The second kappa shape index (κ2) is 7.53. The molecule has 0 radical (unpaired) electrons. The van der Waals surface area contributed by atoms with Crippen LogP contribution in [0.25, 0.3) is 0 Å². The van der Waals surface area contributed by atoms with Gasteiger partial charge in [-0.1, -0.05) is 6.07 Å². The Balaban J connectivity index is 2.21. The maximum atomic E-state index is 12.6. The van der Waals surface area contributed by atoms with Crippen LogP contribution in [-0.2, 0) is 19.4 Å². The first kappa shape index (κ1) is 19.4. The van der Waals surface area contributed by atoms with Gasteiger partial charge in [-0.25, -0.2) is 13.2 Å². The highest BCUT2D eigenvalue weighted by atomic mass is 32.2. The van der Waals surface area contributed by atoms with Crippen molar-refractivity contribution in [2.24, 2.45) is 0 Å². The van der Waals surface area contributed by atoms with Crippen LogP contribution in [0.1, 0.15) is 41.3 Å². The van der Waals surface area contributed by atoms with Crippen molar-refractivity contribution in [3.63, 3.8) is 0 Å². The molecule has 2 rings (SSSR count). The summed E-state index contributed by atoms with van der Waals surface area (Å²) in [4.78, 5) is 23.7. The van der Waals surface area contributed by atoms with Crippen LogP contribution in [0.4, 0.5) is 5.69 Å². The minimum Gasteiger partial charge on any atom is -0.478 e. The molecule has 1 unspecified atom stereocenters. The number of benzene rings is 1. The summed E-state index contributed by atoms with van der Waals surface area (Å²) < 4.78 is 30.4. The molecule has 1 atom stereocenters. The van der Waals surface area contributed by atoms with E-state index in [0.29, 0.717) is 42.9 Å². The zero-order valence-corrected chi connectivity index (χ0v) is 15.4. The molecule has 0 aromatic heterocycles. The van der Waals surface area contributed by atoms with Gasteiger partial charge >= 0.3 is 5.97 Å². The molecule has 1 aromatic carbocycles. The standard InChI is InChI=1S/C17H23NO6S/c1-10-8-11(2)15(9-14(10)17(20)21)18-16(19)12(3)25(22,23)13-4-6-24-7-5-13/h8-9,12-13H,4-7H2,1-3H3,(H,18,19)(H,20,21). The molecule has 1 saturated heterocycles. The molecule has 0 saturated carbocycles. The zero-order chi connectivity index (χ0) is 18.8. The topological polar surface area (TPSA) is 110 Å². The number of carbonyl (C=O) groups is 2. The Labute approximate surface area is 147 Å². The fourth-order valence-electron chi connectivity index (χ4n) is 2.89. The molecule has 8 heteroatoms. The van der Waals surface area contributed by atoms with Crippen molar-refractivity contribution in [2.75, 3.05) is 18.5 Å². The van der Waals surface area contributed by atoms with E-state index in [1.165, 1.54) is 13.0 Å². The molecule has 1 fully saturated rings. The molecule has 7 nitrogen and oxygen atoms in total. The van der Waals surface area contributed by atoms with E-state index < -0.39 is 32.2 Å². The third-order valence-corrected chi connectivity index (χ3v) is 7.15. The van der Waals surface area contributed by atoms with Crippen molar-refractivity contribution in [3.8, 4) is 0 Å². The van der Waals surface area contributed by atoms with Gasteiger partial charge in [-0.3, -0.25) is 4.79 Å². The number of amides is 1. The third-order valence-electron chi connectivity index (χ3n) is 4.55. The van der Waals surface area contributed by atoms with E-state index in [1.54, 1.807) is 19.9 Å². The van der Waals surface area contributed by atoms with Gasteiger partial charge in [-0.15, -0.1) is 0 Å². The molecule has 25 heavy (non-hydrogen) atoms. The molecule has 1 aromatic rings. The largest absolute Gasteiger partial charge is 0.478 e. The number of nitrogens with one attached hydrogen (secondary N) is 1. The van der Waals surface area contributed by atoms with E-state index in [-0.39, 0.29) is 5.56 Å². The summed E-state index contributed by atoms with van der Waals surface area (Å²) in [6.45, 7) is 5.50. The van der Waals surface area contributed by atoms with Gasteiger partial charge in [0.2, 0.25) is 5.91 Å². The highest BCUT2D eigenvalue weighted by molar-refractivity contribution is 7.93. The van der Waals surface area contributed by atoms with Crippen molar-refractivity contribution in [1.82, 2.24) is 0 Å². The van der Waals surface area contributed by atoms with Gasteiger partial charge in [0, 0.05) is 18.9 Å². The lowest BCUT2D eigenvalue weighted by Crippen LogP contribution is -2.41. The van der Waals surface area contributed by atoms with Crippen molar-refractivity contribution in [1.29, 1.82) is 0 Å². The Hall–Kier alpha value is -1.93. The van der Waals surface area contributed by atoms with Crippen LogP contribution >= 0.6 is 0 Å². The summed E-state index contributed by atoms with van der Waals surface area (Å²) in [5, 5.41) is 9.96. The number of aromatic carboxylic acids is 1. The molecule has 1 aliphatic rings. The number of carbonyl (C=O) groups excluding carboxylic acids is 1. The van der Waals surface area contributed by atoms with Gasteiger partial charge in [0.15, 0.2) is 9.84 Å². The molecular weight excluding hydrogens is 346 g/mol. The summed E-state index contributed by atoms with van der Waals surface area (Å²) in [5.74, 6) is -1.76. The van der Waals surface area contributed by atoms with Gasteiger partial charge < -0.3 is 15.2 Å². The molecule has 2 N–H and O–H groups in total. The number of carboxylic acid groups (broad SMARTS) is 1. The molecular formula is C17H23NO6S. The maximum absolute atomic E-state index is 12.6. The van der Waals surface area contributed by atoms with E-state index in [9.17, 15) is 23.1 Å². The Bertz CT molecular complexity index is 781. The number of hydrogen-bond donors (Lipinski definition) is 2. The summed E-state index contributed by atoms with van der Waals surface area (Å²) in [5.41, 5.74) is 1.63. The summed E-state index contributed by atoms with van der Waals surface area (Å²) in [7, 11) is -3.64. The first-order valence-electron chi connectivity index (χ1n) is 8.10. The SMILES string of the molecule is Cc1cc(C)c(C(=O)O)cc1NC(=O)C(C)S(=O)(=O)C1CCOCC1. The average Bonchev–Trinajstić information content (AvgIpc) is 2.56. The summed E-state index contributed by atoms with van der Waals surface area (Å²) in [6.07, 6.45) is 0.763. The molecule has 0 spiro atoms. The molecule has 0 aliphatic carbocycles. The van der Waals surface area contributed by atoms with Crippen molar-refractivity contribution >= 4 is 27.4 Å². The third kappa shape index (κ3) is 4.19.